The first-order chi connectivity index (χ1) is 15.9. The van der Waals surface area contributed by atoms with Crippen LogP contribution in [0.1, 0.15) is 9.67 Å². The summed E-state index contributed by atoms with van der Waals surface area (Å²) in [6.07, 6.45) is 1.40. The monoisotopic (exact) mass is 490 g/mol. The van der Waals surface area contributed by atoms with Crippen molar-refractivity contribution in [1.29, 1.82) is 0 Å². The molecule has 0 saturated carbocycles. The van der Waals surface area contributed by atoms with E-state index >= 15 is 0 Å². The van der Waals surface area contributed by atoms with Gasteiger partial charge >= 0.3 is 0 Å². The van der Waals surface area contributed by atoms with Crippen LogP contribution in [0.25, 0.3) is 10.1 Å². The molecule has 0 aliphatic carbocycles. The van der Waals surface area contributed by atoms with Gasteiger partial charge in [0.05, 0.1) is 18.1 Å². The Morgan fingerprint density at radius 1 is 1.00 bits per heavy atom. The highest BCUT2D eigenvalue weighted by atomic mass is 32.2. The third-order valence-corrected chi connectivity index (χ3v) is 8.88. The highest BCUT2D eigenvalue weighted by molar-refractivity contribution is 7.89. The number of carbonyl (C=O) groups excluding carboxylic acids is 1. The van der Waals surface area contributed by atoms with E-state index in [1.54, 1.807) is 23.1 Å². The quantitative estimate of drug-likeness (QED) is 0.559. The van der Waals surface area contributed by atoms with E-state index in [4.69, 9.17) is 4.74 Å². The molecule has 0 N–H and O–H groups in total. The molecule has 2 saturated heterocycles. The smallest absolute Gasteiger partial charge is 0.264 e. The summed E-state index contributed by atoms with van der Waals surface area (Å²) in [4.78, 5) is 21.9. The number of pyridine rings is 1. The van der Waals surface area contributed by atoms with Crippen molar-refractivity contribution >= 4 is 43.2 Å². The molecule has 1 amide bonds. The van der Waals surface area contributed by atoms with Crippen LogP contribution in [0.15, 0.2) is 47.5 Å². The van der Waals surface area contributed by atoms with Crippen molar-refractivity contribution < 1.29 is 22.3 Å². The first kappa shape index (κ1) is 22.2. The molecular formula is C22H23FN4O4S2. The van der Waals surface area contributed by atoms with Crippen molar-refractivity contribution in [1.82, 2.24) is 14.2 Å². The maximum atomic E-state index is 13.4. The average Bonchev–Trinajstić information content (AvgIpc) is 3.27. The van der Waals surface area contributed by atoms with Gasteiger partial charge in [-0.2, -0.15) is 4.31 Å². The largest absolute Gasteiger partial charge is 0.379 e. The van der Waals surface area contributed by atoms with Crippen LogP contribution in [0.2, 0.25) is 0 Å². The molecule has 8 nitrogen and oxygen atoms in total. The predicted octanol–water partition coefficient (Wildman–Crippen LogP) is 2.42. The number of rotatable bonds is 4. The van der Waals surface area contributed by atoms with Crippen LogP contribution in [0.4, 0.5) is 10.2 Å². The summed E-state index contributed by atoms with van der Waals surface area (Å²) in [5.41, 5.74) is 0. The number of nitrogens with zero attached hydrogens (tertiary/aromatic N) is 4. The van der Waals surface area contributed by atoms with E-state index in [9.17, 15) is 17.6 Å². The zero-order valence-electron chi connectivity index (χ0n) is 17.8. The maximum absolute atomic E-state index is 13.4. The van der Waals surface area contributed by atoms with E-state index in [1.807, 2.05) is 11.0 Å². The molecule has 4 heterocycles. The van der Waals surface area contributed by atoms with Crippen LogP contribution < -0.4 is 4.90 Å². The molecule has 0 spiro atoms. The third-order valence-electron chi connectivity index (χ3n) is 5.91. The number of thiophene rings is 1. The maximum Gasteiger partial charge on any atom is 0.264 e. The fraction of sp³-hybridized carbons (Fsp3) is 0.364. The van der Waals surface area contributed by atoms with Crippen LogP contribution in [-0.2, 0) is 14.8 Å². The van der Waals surface area contributed by atoms with Gasteiger partial charge in [-0.25, -0.2) is 17.8 Å². The highest BCUT2D eigenvalue weighted by Crippen LogP contribution is 2.28. The molecule has 0 bridgehead atoms. The molecule has 0 unspecified atom stereocenters. The van der Waals surface area contributed by atoms with E-state index < -0.39 is 10.0 Å². The summed E-state index contributed by atoms with van der Waals surface area (Å²) >= 11 is 1.30. The zero-order chi connectivity index (χ0) is 23.0. The summed E-state index contributed by atoms with van der Waals surface area (Å²) < 4.78 is 46.4. The number of halogens is 1. The number of amides is 1. The number of anilines is 1. The Kier molecular flexibility index (Phi) is 6.04. The number of morpholine rings is 1. The van der Waals surface area contributed by atoms with Crippen LogP contribution in [0.3, 0.4) is 0 Å². The second-order valence-corrected chi connectivity index (χ2v) is 11.0. The highest BCUT2D eigenvalue weighted by Gasteiger charge is 2.28. The normalized spacial score (nSPS) is 18.1. The Bertz CT molecular complexity index is 1270. The van der Waals surface area contributed by atoms with Gasteiger partial charge in [-0.1, -0.05) is 6.07 Å². The van der Waals surface area contributed by atoms with Crippen molar-refractivity contribution in [2.75, 3.05) is 57.4 Å². The van der Waals surface area contributed by atoms with E-state index in [0.717, 1.165) is 10.1 Å². The molecule has 2 aliphatic rings. The number of hydrogen-bond acceptors (Lipinski definition) is 7. The van der Waals surface area contributed by atoms with Crippen LogP contribution in [0, 0.1) is 5.82 Å². The Morgan fingerprint density at radius 3 is 2.45 bits per heavy atom. The van der Waals surface area contributed by atoms with E-state index in [-0.39, 0.29) is 16.6 Å². The van der Waals surface area contributed by atoms with E-state index in [2.05, 4.69) is 4.98 Å². The first-order valence-electron chi connectivity index (χ1n) is 10.7. The predicted molar refractivity (Wildman–Crippen MR) is 124 cm³/mol. The van der Waals surface area contributed by atoms with Gasteiger partial charge in [-0.15, -0.1) is 11.3 Å². The number of sulfonamides is 1. The molecule has 0 radical (unpaired) electrons. The Balaban J connectivity index is 1.23. The number of carbonyl (C=O) groups is 1. The van der Waals surface area contributed by atoms with Gasteiger partial charge < -0.3 is 14.5 Å². The van der Waals surface area contributed by atoms with E-state index in [0.29, 0.717) is 63.2 Å². The standard InChI is InChI=1S/C22H23FN4O4S2/c23-17-2-1-16-13-20(32-19(16)14-17)22(28)26-7-5-25(6-8-26)21-4-3-18(15-24-21)33(29,30)27-9-11-31-12-10-27/h1-4,13-15H,5-12H2. The van der Waals surface area contributed by atoms with Gasteiger partial charge in [-0.05, 0) is 35.7 Å². The number of piperazine rings is 1. The van der Waals surface area contributed by atoms with Crippen LogP contribution >= 0.6 is 11.3 Å². The van der Waals surface area contributed by atoms with Gasteiger partial charge in [0.15, 0.2) is 0 Å². The van der Waals surface area contributed by atoms with Crippen LogP contribution in [0.5, 0.6) is 0 Å². The number of fused-ring (bicyclic) bond motifs is 1. The fourth-order valence-corrected chi connectivity index (χ4v) is 6.46. The zero-order valence-corrected chi connectivity index (χ0v) is 19.4. The van der Waals surface area contributed by atoms with Crippen molar-refractivity contribution in [3.63, 3.8) is 0 Å². The molecule has 5 rings (SSSR count). The molecule has 174 valence electrons. The summed E-state index contributed by atoms with van der Waals surface area (Å²) in [6, 6.07) is 9.63. The lowest BCUT2D eigenvalue weighted by Crippen LogP contribution is -2.48. The van der Waals surface area contributed by atoms with Crippen molar-refractivity contribution in [2.45, 2.75) is 4.90 Å². The third kappa shape index (κ3) is 4.45. The number of benzene rings is 1. The Hall–Kier alpha value is -2.60. The first-order valence-corrected chi connectivity index (χ1v) is 12.9. The number of ether oxygens (including phenoxy) is 1. The lowest BCUT2D eigenvalue weighted by atomic mass is 10.2. The number of aromatic nitrogens is 1. The number of hydrogen-bond donors (Lipinski definition) is 0. The van der Waals surface area contributed by atoms with E-state index in [1.165, 1.54) is 34.0 Å². The Morgan fingerprint density at radius 2 is 1.76 bits per heavy atom. The summed E-state index contributed by atoms with van der Waals surface area (Å²) in [5.74, 6) is 0.310. The van der Waals surface area contributed by atoms with Gasteiger partial charge in [0.1, 0.15) is 16.5 Å². The summed E-state index contributed by atoms with van der Waals surface area (Å²) in [6.45, 7) is 3.71. The van der Waals surface area contributed by atoms with Crippen LogP contribution in [-0.4, -0.2) is 81.0 Å². The van der Waals surface area contributed by atoms with Gasteiger partial charge in [-0.3, -0.25) is 4.79 Å². The molecule has 11 heteroatoms. The summed E-state index contributed by atoms with van der Waals surface area (Å²) in [5, 5.41) is 0.861. The van der Waals surface area contributed by atoms with Gasteiger partial charge in [0.25, 0.3) is 5.91 Å². The average molecular weight is 491 g/mol. The van der Waals surface area contributed by atoms with Gasteiger partial charge in [0.2, 0.25) is 10.0 Å². The molecule has 33 heavy (non-hydrogen) atoms. The van der Waals surface area contributed by atoms with Crippen molar-refractivity contribution in [3.05, 3.63) is 53.3 Å². The Labute approximate surface area is 195 Å². The topological polar surface area (TPSA) is 83.1 Å². The SMILES string of the molecule is O=C(c1cc2ccc(F)cc2s1)N1CCN(c2ccc(S(=O)(=O)N3CCOCC3)cn2)CC1. The lowest BCUT2D eigenvalue weighted by Gasteiger charge is -2.35. The fourth-order valence-electron chi connectivity index (χ4n) is 4.05. The molecule has 1 aromatic carbocycles. The summed E-state index contributed by atoms with van der Waals surface area (Å²) in [7, 11) is -3.58. The molecule has 2 aromatic heterocycles. The second kappa shape index (κ2) is 8.98. The molecule has 2 aliphatic heterocycles. The molecule has 0 atom stereocenters. The molecular weight excluding hydrogens is 467 g/mol. The molecule has 3 aromatic rings. The minimum atomic E-state index is -3.58. The minimum Gasteiger partial charge on any atom is -0.379 e. The molecule has 2 fully saturated rings. The minimum absolute atomic E-state index is 0.0591. The van der Waals surface area contributed by atoms with Crippen molar-refractivity contribution in [3.8, 4) is 0 Å². The lowest BCUT2D eigenvalue weighted by molar-refractivity contribution is 0.0730. The van der Waals surface area contributed by atoms with Gasteiger partial charge in [0, 0.05) is 50.2 Å². The second-order valence-electron chi connectivity index (χ2n) is 7.94. The van der Waals surface area contributed by atoms with Crippen molar-refractivity contribution in [2.24, 2.45) is 0 Å².